The summed E-state index contributed by atoms with van der Waals surface area (Å²) < 4.78 is 0. The zero-order valence-corrected chi connectivity index (χ0v) is 15.1. The number of hydrogen-bond acceptors (Lipinski definition) is 5. The standard InChI is InChI=1S/C18H20N4O5/c1-3-8-20-16(25)17(26)21(18(20)27)10-15(24)22-11(2)9-14(23)19-12-6-4-5-7-13(12)22/h4-7,11H,3,8-10H2,1-2H3,(H,19,23)/t11-/m1/s1. The van der Waals surface area contributed by atoms with Gasteiger partial charge in [-0.05, 0) is 25.5 Å². The van der Waals surface area contributed by atoms with Gasteiger partial charge in [-0.3, -0.25) is 24.1 Å². The molecular formula is C18H20N4O5. The largest absolute Gasteiger partial charge is 0.334 e. The average Bonchev–Trinajstić information content (AvgIpc) is 2.75. The Bertz CT molecular complexity index is 837. The molecule has 1 saturated heterocycles. The number of amides is 6. The molecule has 1 N–H and O–H groups in total. The van der Waals surface area contributed by atoms with E-state index in [1.165, 1.54) is 4.90 Å². The van der Waals surface area contributed by atoms with Gasteiger partial charge in [-0.1, -0.05) is 19.1 Å². The van der Waals surface area contributed by atoms with E-state index in [1.807, 2.05) is 0 Å². The van der Waals surface area contributed by atoms with Crippen LogP contribution in [0, 0.1) is 0 Å². The fraction of sp³-hybridized carbons (Fsp3) is 0.389. The molecule has 9 heteroatoms. The van der Waals surface area contributed by atoms with Crippen molar-refractivity contribution in [3.8, 4) is 0 Å². The van der Waals surface area contributed by atoms with E-state index in [1.54, 1.807) is 38.1 Å². The predicted octanol–water partition coefficient (Wildman–Crippen LogP) is 0.951. The number of anilines is 2. The molecule has 2 aliphatic heterocycles. The summed E-state index contributed by atoms with van der Waals surface area (Å²) in [7, 11) is 0. The van der Waals surface area contributed by atoms with Gasteiger partial charge in [0.15, 0.2) is 0 Å². The molecule has 2 aliphatic rings. The number of nitrogens with one attached hydrogen (secondary N) is 1. The van der Waals surface area contributed by atoms with Crippen LogP contribution in [0.1, 0.15) is 26.7 Å². The lowest BCUT2D eigenvalue weighted by atomic mass is 10.1. The maximum atomic E-state index is 13.0. The van der Waals surface area contributed by atoms with Crippen LogP contribution in [0.3, 0.4) is 0 Å². The van der Waals surface area contributed by atoms with Crippen molar-refractivity contribution in [3.63, 3.8) is 0 Å². The number of urea groups is 1. The third-order valence-electron chi connectivity index (χ3n) is 4.50. The Morgan fingerprint density at radius 1 is 1.11 bits per heavy atom. The third-order valence-corrected chi connectivity index (χ3v) is 4.50. The molecule has 0 spiro atoms. The molecule has 142 valence electrons. The van der Waals surface area contributed by atoms with Crippen molar-refractivity contribution in [2.45, 2.75) is 32.7 Å². The minimum absolute atomic E-state index is 0.0726. The lowest BCUT2D eigenvalue weighted by Crippen LogP contribution is -2.47. The second-order valence-corrected chi connectivity index (χ2v) is 6.51. The van der Waals surface area contributed by atoms with E-state index >= 15 is 0 Å². The van der Waals surface area contributed by atoms with Gasteiger partial charge in [0.05, 0.1) is 11.4 Å². The van der Waals surface area contributed by atoms with Crippen LogP contribution in [-0.4, -0.2) is 58.6 Å². The molecule has 1 fully saturated rings. The first-order valence-corrected chi connectivity index (χ1v) is 8.73. The maximum absolute atomic E-state index is 13.0. The van der Waals surface area contributed by atoms with Gasteiger partial charge < -0.3 is 10.2 Å². The number of carbonyl (C=O) groups is 5. The first-order valence-electron chi connectivity index (χ1n) is 8.73. The van der Waals surface area contributed by atoms with Crippen molar-refractivity contribution in [2.24, 2.45) is 0 Å². The second kappa shape index (κ2) is 7.18. The number of rotatable bonds is 4. The van der Waals surface area contributed by atoms with E-state index in [-0.39, 0.29) is 18.9 Å². The Kier molecular flexibility index (Phi) is 4.93. The fourth-order valence-corrected chi connectivity index (χ4v) is 3.29. The quantitative estimate of drug-likeness (QED) is 0.625. The highest BCUT2D eigenvalue weighted by molar-refractivity contribution is 6.45. The van der Waals surface area contributed by atoms with Crippen LogP contribution in [-0.2, 0) is 19.2 Å². The van der Waals surface area contributed by atoms with E-state index < -0.39 is 36.3 Å². The second-order valence-electron chi connectivity index (χ2n) is 6.51. The topological polar surface area (TPSA) is 107 Å². The van der Waals surface area contributed by atoms with Gasteiger partial charge in [-0.25, -0.2) is 9.69 Å². The highest BCUT2D eigenvalue weighted by Gasteiger charge is 2.45. The zero-order chi connectivity index (χ0) is 19.7. The van der Waals surface area contributed by atoms with Gasteiger partial charge in [0, 0.05) is 19.0 Å². The summed E-state index contributed by atoms with van der Waals surface area (Å²) in [6.07, 6.45) is 0.583. The Balaban J connectivity index is 1.87. The lowest BCUT2D eigenvalue weighted by molar-refractivity contribution is -0.143. The summed E-state index contributed by atoms with van der Waals surface area (Å²) in [5, 5.41) is 2.74. The van der Waals surface area contributed by atoms with Crippen molar-refractivity contribution in [2.75, 3.05) is 23.3 Å². The molecule has 0 aliphatic carbocycles. The molecule has 9 nitrogen and oxygen atoms in total. The number of carbonyl (C=O) groups excluding carboxylic acids is 5. The molecule has 6 amide bonds. The number of imide groups is 2. The number of fused-ring (bicyclic) bond motifs is 1. The highest BCUT2D eigenvalue weighted by atomic mass is 16.2. The van der Waals surface area contributed by atoms with Crippen LogP contribution in [0.4, 0.5) is 16.2 Å². The average molecular weight is 372 g/mol. The van der Waals surface area contributed by atoms with Crippen molar-refractivity contribution >= 4 is 41.0 Å². The van der Waals surface area contributed by atoms with Gasteiger partial charge in [0.25, 0.3) is 0 Å². The summed E-state index contributed by atoms with van der Waals surface area (Å²) in [6, 6.07) is 5.54. The molecule has 0 radical (unpaired) electrons. The van der Waals surface area contributed by atoms with Crippen molar-refractivity contribution in [1.29, 1.82) is 0 Å². The highest BCUT2D eigenvalue weighted by Crippen LogP contribution is 2.31. The van der Waals surface area contributed by atoms with E-state index in [0.717, 1.165) is 4.90 Å². The number of nitrogens with zero attached hydrogens (tertiary/aromatic N) is 3. The Hall–Kier alpha value is -3.23. The molecule has 2 heterocycles. The molecule has 1 atom stereocenters. The SMILES string of the molecule is CCCN1C(=O)C(=O)N(CC(=O)N2c3ccccc3NC(=O)C[C@H]2C)C1=O. The summed E-state index contributed by atoms with van der Waals surface area (Å²) >= 11 is 0. The van der Waals surface area contributed by atoms with Crippen LogP contribution in [0.15, 0.2) is 24.3 Å². The third kappa shape index (κ3) is 3.27. The maximum Gasteiger partial charge on any atom is 0.334 e. The monoisotopic (exact) mass is 372 g/mol. The van der Waals surface area contributed by atoms with Gasteiger partial charge in [-0.2, -0.15) is 0 Å². The number of para-hydroxylation sites is 2. The van der Waals surface area contributed by atoms with Gasteiger partial charge >= 0.3 is 17.8 Å². The molecule has 0 saturated carbocycles. The molecule has 0 unspecified atom stereocenters. The molecular weight excluding hydrogens is 352 g/mol. The van der Waals surface area contributed by atoms with Gasteiger partial charge in [-0.15, -0.1) is 0 Å². The van der Waals surface area contributed by atoms with Crippen LogP contribution in [0.5, 0.6) is 0 Å². The van der Waals surface area contributed by atoms with Crippen LogP contribution in [0.25, 0.3) is 0 Å². The zero-order valence-electron chi connectivity index (χ0n) is 15.1. The lowest BCUT2D eigenvalue weighted by Gasteiger charge is -2.29. The van der Waals surface area contributed by atoms with Crippen LogP contribution >= 0.6 is 0 Å². The Morgan fingerprint density at radius 3 is 2.48 bits per heavy atom. The van der Waals surface area contributed by atoms with E-state index in [4.69, 9.17) is 0 Å². The van der Waals surface area contributed by atoms with Crippen LogP contribution < -0.4 is 10.2 Å². The van der Waals surface area contributed by atoms with Crippen molar-refractivity contribution in [3.05, 3.63) is 24.3 Å². The molecule has 1 aromatic rings. The summed E-state index contributed by atoms with van der Waals surface area (Å²) in [5.41, 5.74) is 0.958. The summed E-state index contributed by atoms with van der Waals surface area (Å²) in [6.45, 7) is 3.05. The van der Waals surface area contributed by atoms with Gasteiger partial charge in [0.2, 0.25) is 11.8 Å². The molecule has 1 aromatic carbocycles. The molecule has 3 rings (SSSR count). The predicted molar refractivity (Wildman–Crippen MR) is 95.7 cm³/mol. The minimum atomic E-state index is -1.01. The van der Waals surface area contributed by atoms with Crippen molar-refractivity contribution < 1.29 is 24.0 Å². The normalized spacial score (nSPS) is 19.9. The summed E-state index contributed by atoms with van der Waals surface area (Å²) in [4.78, 5) is 64.3. The van der Waals surface area contributed by atoms with Crippen molar-refractivity contribution in [1.82, 2.24) is 9.80 Å². The first-order chi connectivity index (χ1) is 12.8. The first kappa shape index (κ1) is 18.6. The van der Waals surface area contributed by atoms with E-state index in [2.05, 4.69) is 5.32 Å². The van der Waals surface area contributed by atoms with Gasteiger partial charge in [0.1, 0.15) is 6.54 Å². The molecule has 0 bridgehead atoms. The smallest absolute Gasteiger partial charge is 0.324 e. The molecule has 27 heavy (non-hydrogen) atoms. The Labute approximate surface area is 155 Å². The minimum Gasteiger partial charge on any atom is -0.324 e. The molecule has 0 aromatic heterocycles. The number of hydrogen-bond donors (Lipinski definition) is 1. The summed E-state index contributed by atoms with van der Waals surface area (Å²) in [5.74, 6) is -2.70. The van der Waals surface area contributed by atoms with E-state index in [0.29, 0.717) is 22.7 Å². The fourth-order valence-electron chi connectivity index (χ4n) is 3.29. The number of benzene rings is 1. The van der Waals surface area contributed by atoms with Crippen LogP contribution in [0.2, 0.25) is 0 Å². The Morgan fingerprint density at radius 2 is 1.78 bits per heavy atom. The van der Waals surface area contributed by atoms with E-state index in [9.17, 15) is 24.0 Å².